The molecule has 0 aromatic heterocycles. The maximum atomic E-state index is 12.3. The summed E-state index contributed by atoms with van der Waals surface area (Å²) in [7, 11) is 0. The predicted octanol–water partition coefficient (Wildman–Crippen LogP) is 5.15. The van der Waals surface area contributed by atoms with Gasteiger partial charge < -0.3 is 0 Å². The minimum atomic E-state index is 0.205. The molecule has 2 heteroatoms. The largest absolute Gasteiger partial charge is 0.289 e. The van der Waals surface area contributed by atoms with Crippen LogP contribution in [0, 0.1) is 0 Å². The third kappa shape index (κ3) is 2.54. The van der Waals surface area contributed by atoms with E-state index < -0.39 is 0 Å². The molecule has 89 valence electrons. The summed E-state index contributed by atoms with van der Waals surface area (Å²) >= 11 is 4.41. The molecule has 2 atom stereocenters. The van der Waals surface area contributed by atoms with E-state index in [0.29, 0.717) is 11.8 Å². The van der Waals surface area contributed by atoms with Crippen LogP contribution in [0.3, 0.4) is 0 Å². The van der Waals surface area contributed by atoms with Gasteiger partial charge in [-0.3, -0.25) is 5.11 Å². The van der Waals surface area contributed by atoms with Gasteiger partial charge in [-0.15, -0.1) is 12.6 Å². The highest BCUT2D eigenvalue weighted by atomic mass is 32.1. The Bertz CT molecular complexity index is 360. The Labute approximate surface area is 104 Å². The van der Waals surface area contributed by atoms with Gasteiger partial charge in [0.15, 0.2) is 5.75 Å². The van der Waals surface area contributed by atoms with Crippen LogP contribution in [0.5, 0.6) is 5.75 Å². The van der Waals surface area contributed by atoms with Gasteiger partial charge in [0.2, 0.25) is 0 Å². The van der Waals surface area contributed by atoms with E-state index in [1.54, 1.807) is 0 Å². The highest BCUT2D eigenvalue weighted by Gasteiger charge is 2.19. The van der Waals surface area contributed by atoms with Crippen LogP contribution in [-0.2, 0) is 5.11 Å². The predicted molar refractivity (Wildman–Crippen MR) is 71.2 cm³/mol. The molecule has 0 aliphatic carbocycles. The lowest BCUT2D eigenvalue weighted by Gasteiger charge is -2.17. The first-order valence-corrected chi connectivity index (χ1v) is 6.50. The monoisotopic (exact) mass is 237 g/mol. The van der Waals surface area contributed by atoms with Crippen LogP contribution >= 0.6 is 12.6 Å². The van der Waals surface area contributed by atoms with E-state index in [-0.39, 0.29) is 5.75 Å². The maximum absolute atomic E-state index is 12.3. The molecule has 1 aromatic carbocycles. The highest BCUT2D eigenvalue weighted by Crippen LogP contribution is 2.39. The fourth-order valence-corrected chi connectivity index (χ4v) is 2.29. The summed E-state index contributed by atoms with van der Waals surface area (Å²) in [4.78, 5) is 0.839. The smallest absolute Gasteiger partial charge is 0.186 e. The molecule has 0 bridgehead atoms. The van der Waals surface area contributed by atoms with Crippen molar-refractivity contribution < 1.29 is 5.11 Å². The first-order valence-electron chi connectivity index (χ1n) is 6.05. The van der Waals surface area contributed by atoms with Gasteiger partial charge in [-0.25, -0.2) is 0 Å². The van der Waals surface area contributed by atoms with Crippen molar-refractivity contribution in [2.75, 3.05) is 0 Å². The van der Waals surface area contributed by atoms with Crippen LogP contribution in [-0.4, -0.2) is 0 Å². The van der Waals surface area contributed by atoms with Crippen molar-refractivity contribution in [2.45, 2.75) is 57.3 Å². The zero-order valence-corrected chi connectivity index (χ0v) is 11.5. The number of thiol groups is 1. The average Bonchev–Trinajstić information content (AvgIpc) is 2.28. The molecule has 0 aliphatic heterocycles. The molecular weight excluding hydrogens is 216 g/mol. The molecule has 1 nitrogen and oxygen atoms in total. The van der Waals surface area contributed by atoms with Crippen molar-refractivity contribution in [3.05, 3.63) is 23.3 Å². The van der Waals surface area contributed by atoms with Crippen LogP contribution in [0.15, 0.2) is 17.0 Å². The van der Waals surface area contributed by atoms with Crippen LogP contribution < -0.4 is 0 Å². The maximum Gasteiger partial charge on any atom is 0.186 e. The zero-order chi connectivity index (χ0) is 12.3. The molecule has 0 fully saturated rings. The van der Waals surface area contributed by atoms with Crippen LogP contribution in [0.1, 0.15) is 63.5 Å². The molecule has 2 unspecified atom stereocenters. The summed E-state index contributed by atoms with van der Waals surface area (Å²) in [6.45, 7) is 8.42. The molecule has 0 heterocycles. The van der Waals surface area contributed by atoms with E-state index in [2.05, 4.69) is 40.3 Å². The summed E-state index contributed by atoms with van der Waals surface area (Å²) < 4.78 is 0. The van der Waals surface area contributed by atoms with Crippen molar-refractivity contribution in [3.8, 4) is 5.75 Å². The lowest BCUT2D eigenvalue weighted by Crippen LogP contribution is -1.99. The Morgan fingerprint density at radius 3 is 2.19 bits per heavy atom. The van der Waals surface area contributed by atoms with Crippen molar-refractivity contribution in [1.29, 1.82) is 0 Å². The number of hydrogen-bond acceptors (Lipinski definition) is 1. The Morgan fingerprint density at radius 2 is 1.69 bits per heavy atom. The van der Waals surface area contributed by atoms with Crippen molar-refractivity contribution in [2.24, 2.45) is 0 Å². The van der Waals surface area contributed by atoms with Gasteiger partial charge in [0.05, 0.1) is 0 Å². The second kappa shape index (κ2) is 5.62. The van der Waals surface area contributed by atoms with E-state index in [1.807, 2.05) is 12.1 Å². The molecule has 16 heavy (non-hydrogen) atoms. The second-order valence-electron chi connectivity index (χ2n) is 4.54. The quantitative estimate of drug-likeness (QED) is 0.699. The fourth-order valence-electron chi connectivity index (χ4n) is 1.89. The van der Waals surface area contributed by atoms with Gasteiger partial charge >= 0.3 is 0 Å². The number of hydrogen-bond donors (Lipinski definition) is 1. The summed E-state index contributed by atoms with van der Waals surface area (Å²) in [5.41, 5.74) is 1.83. The minimum Gasteiger partial charge on any atom is -0.289 e. The second-order valence-corrected chi connectivity index (χ2v) is 5.02. The molecule has 0 spiro atoms. The summed E-state index contributed by atoms with van der Waals surface area (Å²) in [6, 6.07) is 3.90. The first kappa shape index (κ1) is 13.4. The lowest BCUT2D eigenvalue weighted by molar-refractivity contribution is 0.337. The van der Waals surface area contributed by atoms with Crippen molar-refractivity contribution >= 4 is 12.6 Å². The Morgan fingerprint density at radius 1 is 1.12 bits per heavy atom. The van der Waals surface area contributed by atoms with Gasteiger partial charge in [0, 0.05) is 16.0 Å². The van der Waals surface area contributed by atoms with Gasteiger partial charge in [-0.05, 0) is 30.7 Å². The molecule has 0 N–H and O–H groups in total. The third-order valence-corrected chi connectivity index (χ3v) is 3.84. The SMILES string of the molecule is CCC(C)c1ccc(S)c(C(C)CC)c1[O]. The third-order valence-electron chi connectivity index (χ3n) is 3.45. The Balaban J connectivity index is 3.26. The van der Waals surface area contributed by atoms with E-state index in [1.165, 1.54) is 0 Å². The minimum absolute atomic E-state index is 0.205. The van der Waals surface area contributed by atoms with E-state index in [0.717, 1.165) is 28.9 Å². The molecule has 1 aromatic rings. The van der Waals surface area contributed by atoms with Gasteiger partial charge in [-0.1, -0.05) is 33.8 Å². The molecule has 0 amide bonds. The van der Waals surface area contributed by atoms with Gasteiger partial charge in [0.25, 0.3) is 0 Å². The van der Waals surface area contributed by atoms with E-state index >= 15 is 0 Å². The Kier molecular flexibility index (Phi) is 4.72. The highest BCUT2D eigenvalue weighted by molar-refractivity contribution is 7.80. The normalized spacial score (nSPS) is 14.8. The Hall–Kier alpha value is -0.630. The molecule has 0 saturated carbocycles. The summed E-state index contributed by atoms with van der Waals surface area (Å²) in [5, 5.41) is 12.3. The van der Waals surface area contributed by atoms with E-state index in [4.69, 9.17) is 0 Å². The van der Waals surface area contributed by atoms with Crippen LogP contribution in [0.2, 0.25) is 0 Å². The standard InChI is InChI=1S/C14H21OS/c1-5-9(3)11-7-8-12(16)13(14(11)15)10(4)6-2/h7-10,16H,5-6H2,1-4H3. The number of benzene rings is 1. The molecule has 0 saturated heterocycles. The number of rotatable bonds is 4. The summed E-state index contributed by atoms with van der Waals surface area (Å²) in [5.74, 6) is 0.837. The van der Waals surface area contributed by atoms with E-state index in [9.17, 15) is 5.11 Å². The first-order chi connectivity index (χ1) is 7.52. The van der Waals surface area contributed by atoms with Gasteiger partial charge in [-0.2, -0.15) is 0 Å². The fraction of sp³-hybridized carbons (Fsp3) is 0.571. The van der Waals surface area contributed by atoms with Crippen LogP contribution in [0.4, 0.5) is 0 Å². The molecular formula is C14H21OS. The molecule has 0 aliphatic rings. The zero-order valence-electron chi connectivity index (χ0n) is 10.6. The molecule has 1 rings (SSSR count). The molecule has 1 radical (unpaired) electrons. The van der Waals surface area contributed by atoms with Crippen molar-refractivity contribution in [1.82, 2.24) is 0 Å². The summed E-state index contributed by atoms with van der Waals surface area (Å²) in [6.07, 6.45) is 1.98. The van der Waals surface area contributed by atoms with Crippen molar-refractivity contribution in [3.63, 3.8) is 0 Å². The van der Waals surface area contributed by atoms with Gasteiger partial charge in [0.1, 0.15) is 0 Å². The topological polar surface area (TPSA) is 19.9 Å². The van der Waals surface area contributed by atoms with Crippen LogP contribution in [0.25, 0.3) is 0 Å². The lowest BCUT2D eigenvalue weighted by atomic mass is 9.90. The average molecular weight is 237 g/mol.